The van der Waals surface area contributed by atoms with Crippen molar-refractivity contribution in [2.45, 2.75) is 32.9 Å². The summed E-state index contributed by atoms with van der Waals surface area (Å²) in [5, 5.41) is 6.94. The van der Waals surface area contributed by atoms with E-state index in [1.807, 2.05) is 45.0 Å². The van der Waals surface area contributed by atoms with Crippen molar-refractivity contribution in [3.63, 3.8) is 0 Å². The molecule has 1 aliphatic rings. The second kappa shape index (κ2) is 7.81. The fourth-order valence-electron chi connectivity index (χ4n) is 3.72. The van der Waals surface area contributed by atoms with Crippen LogP contribution in [0, 0.1) is 0 Å². The molecule has 6 heteroatoms. The summed E-state index contributed by atoms with van der Waals surface area (Å²) >= 11 is 0. The van der Waals surface area contributed by atoms with E-state index < -0.39 is 0 Å². The molecule has 1 aromatic heterocycles. The van der Waals surface area contributed by atoms with Gasteiger partial charge in [-0.1, -0.05) is 56.3 Å². The van der Waals surface area contributed by atoms with Crippen LogP contribution in [0.25, 0.3) is 22.2 Å². The molecule has 0 amide bonds. The van der Waals surface area contributed by atoms with E-state index >= 15 is 0 Å². The van der Waals surface area contributed by atoms with Gasteiger partial charge in [-0.3, -0.25) is 9.69 Å². The number of benzene rings is 2. The van der Waals surface area contributed by atoms with Gasteiger partial charge in [-0.2, -0.15) is 0 Å². The average molecular weight is 378 g/mol. The molecule has 1 atom stereocenters. The molecule has 1 unspecified atom stereocenters. The van der Waals surface area contributed by atoms with E-state index in [1.54, 1.807) is 4.68 Å². The summed E-state index contributed by atoms with van der Waals surface area (Å²) in [6.45, 7) is 8.96. The highest BCUT2D eigenvalue weighted by Gasteiger charge is 2.24. The van der Waals surface area contributed by atoms with E-state index in [2.05, 4.69) is 23.1 Å². The number of aromatic nitrogens is 3. The molecule has 1 saturated heterocycles. The van der Waals surface area contributed by atoms with Gasteiger partial charge in [0.15, 0.2) is 5.82 Å². The summed E-state index contributed by atoms with van der Waals surface area (Å²) in [5.41, 5.74) is 1.39. The number of nitrogens with zero attached hydrogens (tertiary/aromatic N) is 4. The Bertz CT molecular complexity index is 1030. The van der Waals surface area contributed by atoms with E-state index in [4.69, 9.17) is 14.8 Å². The molecule has 1 fully saturated rings. The molecule has 3 aromatic rings. The van der Waals surface area contributed by atoms with E-state index in [1.165, 1.54) is 0 Å². The first-order valence-corrected chi connectivity index (χ1v) is 9.87. The highest BCUT2D eigenvalue weighted by Crippen LogP contribution is 2.27. The molecule has 0 bridgehead atoms. The van der Waals surface area contributed by atoms with Crippen LogP contribution < -0.4 is 5.56 Å². The van der Waals surface area contributed by atoms with Crippen molar-refractivity contribution in [3.05, 3.63) is 58.5 Å². The second-order valence-electron chi connectivity index (χ2n) is 7.53. The Morgan fingerprint density at radius 1 is 1.00 bits per heavy atom. The zero-order chi connectivity index (χ0) is 19.7. The highest BCUT2D eigenvalue weighted by atomic mass is 16.5. The normalized spacial score (nSPS) is 16.6. The number of hydrogen-bond acceptors (Lipinski definition) is 5. The largest absolute Gasteiger partial charge is 0.379 e. The third-order valence-electron chi connectivity index (χ3n) is 5.36. The maximum Gasteiger partial charge on any atom is 0.290 e. The lowest BCUT2D eigenvalue weighted by Gasteiger charge is -2.32. The van der Waals surface area contributed by atoms with Crippen molar-refractivity contribution in [2.24, 2.45) is 0 Å². The summed E-state index contributed by atoms with van der Waals surface area (Å²) in [6.07, 6.45) is -0.148. The van der Waals surface area contributed by atoms with Gasteiger partial charge in [0.25, 0.3) is 5.56 Å². The first-order chi connectivity index (χ1) is 13.6. The third-order valence-corrected chi connectivity index (χ3v) is 5.36. The maximum atomic E-state index is 13.1. The van der Waals surface area contributed by atoms with E-state index in [0.29, 0.717) is 24.7 Å². The molecule has 0 aliphatic carbocycles. The molecule has 6 nitrogen and oxygen atoms in total. The lowest BCUT2D eigenvalue weighted by Crippen LogP contribution is -2.44. The minimum Gasteiger partial charge on any atom is -0.379 e. The topological polar surface area (TPSA) is 60.3 Å². The number of hydrogen-bond donors (Lipinski definition) is 0. The first kappa shape index (κ1) is 18.8. The van der Waals surface area contributed by atoms with Crippen molar-refractivity contribution in [1.82, 2.24) is 19.7 Å². The Balaban J connectivity index is 1.88. The van der Waals surface area contributed by atoms with Gasteiger partial charge in [0.1, 0.15) is 11.9 Å². The zero-order valence-electron chi connectivity index (χ0n) is 16.6. The van der Waals surface area contributed by atoms with Crippen molar-refractivity contribution < 1.29 is 4.74 Å². The number of fused-ring (bicyclic) bond motifs is 1. The molecule has 2 heterocycles. The molecule has 0 radical (unpaired) electrons. The van der Waals surface area contributed by atoms with Gasteiger partial charge in [0, 0.05) is 24.6 Å². The van der Waals surface area contributed by atoms with E-state index in [0.717, 1.165) is 29.4 Å². The lowest BCUT2D eigenvalue weighted by molar-refractivity contribution is -0.000992. The molecule has 2 aromatic carbocycles. The van der Waals surface area contributed by atoms with Crippen LogP contribution in [0.1, 0.15) is 38.5 Å². The Morgan fingerprint density at radius 3 is 2.46 bits per heavy atom. The minimum atomic E-state index is -0.148. The molecule has 28 heavy (non-hydrogen) atoms. The predicted octanol–water partition coefficient (Wildman–Crippen LogP) is 3.43. The molecular weight excluding hydrogens is 352 g/mol. The van der Waals surface area contributed by atoms with Crippen LogP contribution in [0.5, 0.6) is 0 Å². The molecular formula is C22H26N4O2. The number of morpholine rings is 1. The van der Waals surface area contributed by atoms with Gasteiger partial charge in [-0.25, -0.2) is 9.67 Å². The number of rotatable bonds is 4. The minimum absolute atomic E-state index is 0.0207. The SMILES string of the molecule is CC(C)c1nc(-c2cccc3ccccc23)nn(C(C)N2CCOCC2)c1=O. The van der Waals surface area contributed by atoms with Crippen molar-refractivity contribution >= 4 is 10.8 Å². The summed E-state index contributed by atoms with van der Waals surface area (Å²) in [6, 6.07) is 14.3. The van der Waals surface area contributed by atoms with Gasteiger partial charge in [0.05, 0.1) is 13.2 Å². The quantitative estimate of drug-likeness (QED) is 0.696. The summed E-state index contributed by atoms with van der Waals surface area (Å²) in [7, 11) is 0. The molecule has 0 N–H and O–H groups in total. The third kappa shape index (κ3) is 3.45. The van der Waals surface area contributed by atoms with Gasteiger partial charge < -0.3 is 4.74 Å². The Hall–Kier alpha value is -2.57. The van der Waals surface area contributed by atoms with Crippen LogP contribution >= 0.6 is 0 Å². The Labute approximate surface area is 164 Å². The van der Waals surface area contributed by atoms with Crippen LogP contribution in [0.2, 0.25) is 0 Å². The Kier molecular flexibility index (Phi) is 5.24. The number of ether oxygens (including phenoxy) is 1. The van der Waals surface area contributed by atoms with Crippen LogP contribution in [0.3, 0.4) is 0 Å². The van der Waals surface area contributed by atoms with Gasteiger partial charge in [0.2, 0.25) is 0 Å². The van der Waals surface area contributed by atoms with Gasteiger partial charge in [-0.05, 0) is 17.7 Å². The summed E-state index contributed by atoms with van der Waals surface area (Å²) in [5.74, 6) is 0.618. The molecule has 146 valence electrons. The highest BCUT2D eigenvalue weighted by molar-refractivity contribution is 5.94. The summed E-state index contributed by atoms with van der Waals surface area (Å²) < 4.78 is 7.06. The van der Waals surface area contributed by atoms with Crippen LogP contribution in [-0.4, -0.2) is 46.0 Å². The van der Waals surface area contributed by atoms with Crippen LogP contribution in [-0.2, 0) is 4.74 Å². The standard InChI is InChI=1S/C22H26N4O2/c1-15(2)20-22(27)26(16(3)25-11-13-28-14-12-25)24-21(23-20)19-10-6-8-17-7-4-5-9-18(17)19/h4-10,15-16H,11-14H2,1-3H3. The molecule has 0 saturated carbocycles. The first-order valence-electron chi connectivity index (χ1n) is 9.87. The molecule has 4 rings (SSSR count). The zero-order valence-corrected chi connectivity index (χ0v) is 16.6. The lowest BCUT2D eigenvalue weighted by atomic mass is 10.0. The van der Waals surface area contributed by atoms with Gasteiger partial charge >= 0.3 is 0 Å². The fourth-order valence-corrected chi connectivity index (χ4v) is 3.72. The van der Waals surface area contributed by atoms with Crippen molar-refractivity contribution in [2.75, 3.05) is 26.3 Å². The Morgan fingerprint density at radius 2 is 1.71 bits per heavy atom. The maximum absolute atomic E-state index is 13.1. The monoisotopic (exact) mass is 378 g/mol. The smallest absolute Gasteiger partial charge is 0.290 e. The fraction of sp³-hybridized carbons (Fsp3) is 0.409. The van der Waals surface area contributed by atoms with Crippen LogP contribution in [0.15, 0.2) is 47.3 Å². The average Bonchev–Trinajstić information content (AvgIpc) is 2.73. The molecule has 0 spiro atoms. The predicted molar refractivity (Wildman–Crippen MR) is 110 cm³/mol. The molecule has 1 aliphatic heterocycles. The van der Waals surface area contributed by atoms with Crippen molar-refractivity contribution in [1.29, 1.82) is 0 Å². The van der Waals surface area contributed by atoms with E-state index in [-0.39, 0.29) is 17.6 Å². The second-order valence-corrected chi connectivity index (χ2v) is 7.53. The van der Waals surface area contributed by atoms with Crippen molar-refractivity contribution in [3.8, 4) is 11.4 Å². The van der Waals surface area contributed by atoms with E-state index in [9.17, 15) is 4.79 Å². The summed E-state index contributed by atoms with van der Waals surface area (Å²) in [4.78, 5) is 20.0. The van der Waals surface area contributed by atoms with Gasteiger partial charge in [-0.15, -0.1) is 5.10 Å². The van der Waals surface area contributed by atoms with Crippen LogP contribution in [0.4, 0.5) is 0 Å².